The molecule has 25 heavy (non-hydrogen) atoms. The largest absolute Gasteiger partial charge is 0.490 e. The molecule has 1 N–H and O–H groups in total. The fourth-order valence-electron chi connectivity index (χ4n) is 2.28. The highest BCUT2D eigenvalue weighted by molar-refractivity contribution is 5.67. The lowest BCUT2D eigenvalue weighted by molar-refractivity contribution is 0.141. The minimum atomic E-state index is -0.489. The molecule has 0 unspecified atom stereocenters. The Kier molecular flexibility index (Phi) is 5.78. The maximum atomic E-state index is 11.6. The van der Waals surface area contributed by atoms with E-state index < -0.39 is 6.09 Å². The lowest BCUT2D eigenvalue weighted by atomic mass is 10.2. The zero-order valence-electron chi connectivity index (χ0n) is 13.8. The monoisotopic (exact) mass is 337 g/mol. The van der Waals surface area contributed by atoms with Gasteiger partial charge in [-0.25, -0.2) is 4.79 Å². The molecule has 0 atom stereocenters. The molecule has 5 heteroatoms. The van der Waals surface area contributed by atoms with Gasteiger partial charge in [0.1, 0.15) is 6.61 Å². The van der Waals surface area contributed by atoms with Gasteiger partial charge in [0.15, 0.2) is 11.5 Å². The Morgan fingerprint density at radius 2 is 1.88 bits per heavy atom. The minimum absolute atomic E-state index is 0.210. The van der Waals surface area contributed by atoms with Crippen molar-refractivity contribution in [2.45, 2.75) is 13.0 Å². The lowest BCUT2D eigenvalue weighted by Gasteiger charge is -2.06. The Hall–Kier alpha value is -3.13. The van der Waals surface area contributed by atoms with E-state index in [4.69, 9.17) is 14.2 Å². The van der Waals surface area contributed by atoms with Crippen molar-refractivity contribution in [3.05, 3.63) is 59.7 Å². The smallest absolute Gasteiger partial charge is 0.408 e. The molecule has 5 nitrogen and oxygen atoms in total. The van der Waals surface area contributed by atoms with E-state index in [1.807, 2.05) is 48.5 Å². The van der Waals surface area contributed by atoms with Crippen molar-refractivity contribution in [3.63, 3.8) is 0 Å². The Balaban J connectivity index is 1.46. The van der Waals surface area contributed by atoms with Crippen LogP contribution in [0, 0.1) is 11.8 Å². The first kappa shape index (κ1) is 16.7. The van der Waals surface area contributed by atoms with Crippen molar-refractivity contribution in [2.75, 3.05) is 19.8 Å². The van der Waals surface area contributed by atoms with Crippen molar-refractivity contribution in [1.82, 2.24) is 5.32 Å². The van der Waals surface area contributed by atoms with Crippen LogP contribution in [0.3, 0.4) is 0 Å². The van der Waals surface area contributed by atoms with Crippen LogP contribution in [-0.2, 0) is 11.3 Å². The van der Waals surface area contributed by atoms with Gasteiger partial charge in [-0.2, -0.15) is 0 Å². The summed E-state index contributed by atoms with van der Waals surface area (Å²) >= 11 is 0. The summed E-state index contributed by atoms with van der Waals surface area (Å²) in [7, 11) is 0. The van der Waals surface area contributed by atoms with Crippen LogP contribution in [0.2, 0.25) is 0 Å². The summed E-state index contributed by atoms with van der Waals surface area (Å²) in [6.07, 6.45) is 0.377. The number of benzene rings is 2. The van der Waals surface area contributed by atoms with Gasteiger partial charge in [-0.15, -0.1) is 0 Å². The molecule has 0 spiro atoms. The van der Waals surface area contributed by atoms with E-state index in [-0.39, 0.29) is 13.2 Å². The van der Waals surface area contributed by atoms with E-state index >= 15 is 0 Å². The highest BCUT2D eigenvalue weighted by Crippen LogP contribution is 2.30. The molecule has 0 aromatic heterocycles. The van der Waals surface area contributed by atoms with Crippen molar-refractivity contribution in [3.8, 4) is 23.3 Å². The fraction of sp³-hybridized carbons (Fsp3) is 0.250. The summed E-state index contributed by atoms with van der Waals surface area (Å²) in [6, 6.07) is 15.1. The number of nitrogens with one attached hydrogen (secondary N) is 1. The van der Waals surface area contributed by atoms with E-state index in [9.17, 15) is 4.79 Å². The maximum Gasteiger partial charge on any atom is 0.408 e. The molecule has 1 amide bonds. The standard InChI is InChI=1S/C20H19NO4/c22-20(25-15-17-6-2-1-3-7-17)21-11-4-8-16-9-10-18-19(14-16)24-13-5-12-23-18/h1-3,6-7,9-10,14H,5,11-13,15H2,(H,21,22). The Labute approximate surface area is 146 Å². The van der Waals surface area contributed by atoms with E-state index in [0.29, 0.717) is 19.0 Å². The predicted octanol–water partition coefficient (Wildman–Crippen LogP) is 3.13. The fourth-order valence-corrected chi connectivity index (χ4v) is 2.28. The van der Waals surface area contributed by atoms with Gasteiger partial charge >= 0.3 is 6.09 Å². The third kappa shape index (κ3) is 5.18. The highest BCUT2D eigenvalue weighted by atomic mass is 16.5. The minimum Gasteiger partial charge on any atom is -0.490 e. The molecule has 0 radical (unpaired) electrons. The first-order chi connectivity index (χ1) is 12.3. The highest BCUT2D eigenvalue weighted by Gasteiger charge is 2.09. The zero-order valence-corrected chi connectivity index (χ0v) is 13.8. The summed E-state index contributed by atoms with van der Waals surface area (Å²) < 4.78 is 16.3. The number of carbonyl (C=O) groups is 1. The van der Waals surface area contributed by atoms with Crippen LogP contribution < -0.4 is 14.8 Å². The van der Waals surface area contributed by atoms with Crippen molar-refractivity contribution in [2.24, 2.45) is 0 Å². The van der Waals surface area contributed by atoms with E-state index in [0.717, 1.165) is 23.3 Å². The molecule has 1 aliphatic rings. The molecule has 2 aromatic rings. The third-order valence-corrected chi connectivity index (χ3v) is 3.51. The molecule has 0 fully saturated rings. The van der Waals surface area contributed by atoms with E-state index in [1.165, 1.54) is 0 Å². The summed E-state index contributed by atoms with van der Waals surface area (Å²) in [4.78, 5) is 11.6. The van der Waals surface area contributed by atoms with Gasteiger partial charge in [-0.05, 0) is 23.8 Å². The van der Waals surface area contributed by atoms with Crippen molar-refractivity contribution >= 4 is 6.09 Å². The Bertz CT molecular complexity index is 777. The summed E-state index contributed by atoms with van der Waals surface area (Å²) in [6.45, 7) is 1.75. The number of amides is 1. The average Bonchev–Trinajstić information content (AvgIpc) is 2.89. The van der Waals surface area contributed by atoms with Crippen LogP contribution in [0.4, 0.5) is 4.79 Å². The molecule has 2 aromatic carbocycles. The predicted molar refractivity (Wildman–Crippen MR) is 93.6 cm³/mol. The normalized spacial score (nSPS) is 12.3. The molecular weight excluding hydrogens is 318 g/mol. The summed E-state index contributed by atoms with van der Waals surface area (Å²) in [5.74, 6) is 7.33. The Morgan fingerprint density at radius 3 is 2.72 bits per heavy atom. The molecule has 128 valence electrons. The van der Waals surface area contributed by atoms with Gasteiger partial charge in [0.2, 0.25) is 0 Å². The number of rotatable bonds is 3. The third-order valence-electron chi connectivity index (χ3n) is 3.51. The first-order valence-electron chi connectivity index (χ1n) is 8.14. The molecule has 0 saturated carbocycles. The summed E-state index contributed by atoms with van der Waals surface area (Å²) in [5.41, 5.74) is 1.75. The van der Waals surface area contributed by atoms with Gasteiger partial charge in [-0.3, -0.25) is 0 Å². The molecule has 1 heterocycles. The molecule has 1 aliphatic heterocycles. The Morgan fingerprint density at radius 1 is 1.08 bits per heavy atom. The second-order valence-corrected chi connectivity index (χ2v) is 5.43. The number of hydrogen-bond donors (Lipinski definition) is 1. The van der Waals surface area contributed by atoms with Crippen LogP contribution in [-0.4, -0.2) is 25.9 Å². The topological polar surface area (TPSA) is 56.8 Å². The quantitative estimate of drug-likeness (QED) is 0.875. The van der Waals surface area contributed by atoms with E-state index in [2.05, 4.69) is 17.2 Å². The van der Waals surface area contributed by atoms with Crippen molar-refractivity contribution < 1.29 is 19.0 Å². The van der Waals surface area contributed by atoms with Crippen LogP contribution in [0.15, 0.2) is 48.5 Å². The van der Waals surface area contributed by atoms with Gasteiger partial charge in [0.25, 0.3) is 0 Å². The van der Waals surface area contributed by atoms with Crippen LogP contribution in [0.1, 0.15) is 17.5 Å². The number of alkyl carbamates (subject to hydrolysis) is 1. The number of carbonyl (C=O) groups excluding carboxylic acids is 1. The molecular formula is C20H19NO4. The second-order valence-electron chi connectivity index (χ2n) is 5.43. The van der Waals surface area contributed by atoms with Crippen LogP contribution in [0.5, 0.6) is 11.5 Å². The van der Waals surface area contributed by atoms with E-state index in [1.54, 1.807) is 0 Å². The number of fused-ring (bicyclic) bond motifs is 1. The molecule has 0 aliphatic carbocycles. The van der Waals surface area contributed by atoms with Crippen LogP contribution in [0.25, 0.3) is 0 Å². The van der Waals surface area contributed by atoms with Gasteiger partial charge in [0.05, 0.1) is 19.8 Å². The van der Waals surface area contributed by atoms with Gasteiger partial charge in [0, 0.05) is 12.0 Å². The maximum absolute atomic E-state index is 11.6. The van der Waals surface area contributed by atoms with Crippen LogP contribution >= 0.6 is 0 Å². The SMILES string of the molecule is O=C(NCC#Cc1ccc2c(c1)OCCCO2)OCc1ccccc1. The van der Waals surface area contributed by atoms with Gasteiger partial charge in [-0.1, -0.05) is 42.2 Å². The number of hydrogen-bond acceptors (Lipinski definition) is 4. The molecule has 0 bridgehead atoms. The first-order valence-corrected chi connectivity index (χ1v) is 8.14. The summed E-state index contributed by atoms with van der Waals surface area (Å²) in [5, 5.41) is 2.60. The molecule has 3 rings (SSSR count). The van der Waals surface area contributed by atoms with Crippen molar-refractivity contribution in [1.29, 1.82) is 0 Å². The zero-order chi connectivity index (χ0) is 17.3. The van der Waals surface area contributed by atoms with Gasteiger partial charge < -0.3 is 19.5 Å². The lowest BCUT2D eigenvalue weighted by Crippen LogP contribution is -2.24. The second kappa shape index (κ2) is 8.65. The number of ether oxygens (including phenoxy) is 3. The molecule has 0 saturated heterocycles. The average molecular weight is 337 g/mol.